The van der Waals surface area contributed by atoms with Crippen molar-refractivity contribution in [3.8, 4) is 0 Å². The molecule has 1 amide bonds. The van der Waals surface area contributed by atoms with Gasteiger partial charge in [0.05, 0.1) is 19.3 Å². The first kappa shape index (κ1) is 17.6. The molecule has 1 heterocycles. The van der Waals surface area contributed by atoms with Crippen LogP contribution in [0.4, 0.5) is 0 Å². The zero-order chi connectivity index (χ0) is 17.6. The molecule has 1 fully saturated rings. The van der Waals surface area contributed by atoms with Crippen molar-refractivity contribution in [2.75, 3.05) is 26.3 Å². The third-order valence-electron chi connectivity index (χ3n) is 4.65. The van der Waals surface area contributed by atoms with E-state index in [1.165, 1.54) is 11.1 Å². The predicted octanol–water partition coefficient (Wildman–Crippen LogP) is 3.32. The highest BCUT2D eigenvalue weighted by Crippen LogP contribution is 2.15. The summed E-state index contributed by atoms with van der Waals surface area (Å²) in [7, 11) is 0. The lowest BCUT2D eigenvalue weighted by molar-refractivity contribution is 0.0342. The molecule has 25 heavy (non-hydrogen) atoms. The molecule has 4 nitrogen and oxygen atoms in total. The molecule has 1 saturated heterocycles. The highest BCUT2D eigenvalue weighted by atomic mass is 16.5. The summed E-state index contributed by atoms with van der Waals surface area (Å²) in [6.07, 6.45) is 0. The van der Waals surface area contributed by atoms with Crippen LogP contribution in [-0.2, 0) is 11.3 Å². The van der Waals surface area contributed by atoms with Crippen molar-refractivity contribution >= 4 is 5.91 Å². The fourth-order valence-corrected chi connectivity index (χ4v) is 3.00. The summed E-state index contributed by atoms with van der Waals surface area (Å²) < 4.78 is 5.37. The summed E-state index contributed by atoms with van der Waals surface area (Å²) in [6.45, 7) is 8.52. The Kier molecular flexibility index (Phi) is 5.84. The Morgan fingerprint density at radius 2 is 1.72 bits per heavy atom. The number of nitrogens with zero attached hydrogens (tertiary/aromatic N) is 1. The first-order chi connectivity index (χ1) is 12.1. The Labute approximate surface area is 149 Å². The molecule has 0 spiro atoms. The van der Waals surface area contributed by atoms with E-state index in [4.69, 9.17) is 4.74 Å². The fraction of sp³-hybridized carbons (Fsp3) is 0.381. The third kappa shape index (κ3) is 4.91. The molecule has 4 heteroatoms. The first-order valence-electron chi connectivity index (χ1n) is 8.88. The van der Waals surface area contributed by atoms with E-state index in [9.17, 15) is 4.79 Å². The normalized spacial score (nSPS) is 16.4. The summed E-state index contributed by atoms with van der Waals surface area (Å²) >= 11 is 0. The minimum Gasteiger partial charge on any atom is -0.379 e. The van der Waals surface area contributed by atoms with Crippen LogP contribution < -0.4 is 5.32 Å². The second-order valence-corrected chi connectivity index (χ2v) is 6.69. The fourth-order valence-electron chi connectivity index (χ4n) is 3.00. The van der Waals surface area contributed by atoms with Crippen molar-refractivity contribution in [1.29, 1.82) is 0 Å². The van der Waals surface area contributed by atoms with Crippen LogP contribution in [0, 0.1) is 6.92 Å². The van der Waals surface area contributed by atoms with E-state index in [1.54, 1.807) is 0 Å². The molecule has 1 N–H and O–H groups in total. The molecule has 2 aromatic rings. The summed E-state index contributed by atoms with van der Waals surface area (Å²) in [5.74, 6) is -0.0361. The SMILES string of the molecule is Cc1ccc([C@@H](C)NC(=O)c2ccc(CN3CCOCC3)cc2)cc1. The third-order valence-corrected chi connectivity index (χ3v) is 4.65. The number of rotatable bonds is 5. The van der Waals surface area contributed by atoms with Gasteiger partial charge in [-0.1, -0.05) is 42.0 Å². The molecule has 1 atom stereocenters. The lowest BCUT2D eigenvalue weighted by Gasteiger charge is -2.26. The van der Waals surface area contributed by atoms with E-state index in [1.807, 2.05) is 31.2 Å². The molecule has 0 bridgehead atoms. The van der Waals surface area contributed by atoms with Crippen molar-refractivity contribution in [2.45, 2.75) is 26.4 Å². The van der Waals surface area contributed by atoms with Crippen LogP contribution in [0.3, 0.4) is 0 Å². The Morgan fingerprint density at radius 3 is 2.36 bits per heavy atom. The van der Waals surface area contributed by atoms with Crippen molar-refractivity contribution in [3.63, 3.8) is 0 Å². The summed E-state index contributed by atoms with van der Waals surface area (Å²) in [5.41, 5.74) is 4.26. The molecule has 0 radical (unpaired) electrons. The number of aryl methyl sites for hydroxylation is 1. The van der Waals surface area contributed by atoms with E-state index in [0.717, 1.165) is 38.4 Å². The highest BCUT2D eigenvalue weighted by Gasteiger charge is 2.13. The van der Waals surface area contributed by atoms with Crippen molar-refractivity contribution in [1.82, 2.24) is 10.2 Å². The number of hydrogen-bond donors (Lipinski definition) is 1. The van der Waals surface area contributed by atoms with Gasteiger partial charge in [0.2, 0.25) is 0 Å². The van der Waals surface area contributed by atoms with Crippen molar-refractivity contribution < 1.29 is 9.53 Å². The summed E-state index contributed by atoms with van der Waals surface area (Å²) in [4.78, 5) is 14.8. The molecule has 0 aliphatic carbocycles. The predicted molar refractivity (Wildman–Crippen MR) is 99.6 cm³/mol. The summed E-state index contributed by atoms with van der Waals surface area (Å²) in [6, 6.07) is 16.1. The minimum atomic E-state index is -0.0361. The van der Waals surface area contributed by atoms with Gasteiger partial charge in [-0.2, -0.15) is 0 Å². The average molecular weight is 338 g/mol. The molecule has 1 aliphatic heterocycles. The van der Waals surface area contributed by atoms with Crippen LogP contribution >= 0.6 is 0 Å². The van der Waals surface area contributed by atoms with Gasteiger partial charge >= 0.3 is 0 Å². The van der Waals surface area contributed by atoms with Crippen LogP contribution in [0.2, 0.25) is 0 Å². The smallest absolute Gasteiger partial charge is 0.251 e. The number of amides is 1. The van der Waals surface area contributed by atoms with Gasteiger partial charge in [0.15, 0.2) is 0 Å². The molecular weight excluding hydrogens is 312 g/mol. The van der Waals surface area contributed by atoms with Crippen LogP contribution in [-0.4, -0.2) is 37.1 Å². The molecular formula is C21H26N2O2. The standard InChI is InChI=1S/C21H26N2O2/c1-16-3-7-19(8-4-16)17(2)22-21(24)20-9-5-18(6-10-20)15-23-11-13-25-14-12-23/h3-10,17H,11-15H2,1-2H3,(H,22,24)/t17-/m1/s1. The molecule has 0 aromatic heterocycles. The highest BCUT2D eigenvalue weighted by molar-refractivity contribution is 5.94. The maximum atomic E-state index is 12.5. The number of nitrogens with one attached hydrogen (secondary N) is 1. The van der Waals surface area contributed by atoms with Crippen LogP contribution in [0.5, 0.6) is 0 Å². The molecule has 2 aromatic carbocycles. The van der Waals surface area contributed by atoms with Crippen molar-refractivity contribution in [2.24, 2.45) is 0 Å². The molecule has 1 aliphatic rings. The van der Waals surface area contributed by atoms with Crippen molar-refractivity contribution in [3.05, 3.63) is 70.8 Å². The monoisotopic (exact) mass is 338 g/mol. The first-order valence-corrected chi connectivity index (χ1v) is 8.88. The van der Waals surface area contributed by atoms with Gasteiger partial charge in [-0.3, -0.25) is 9.69 Å². The van der Waals surface area contributed by atoms with E-state index in [0.29, 0.717) is 5.56 Å². The van der Waals surface area contributed by atoms with Gasteiger partial charge in [-0.15, -0.1) is 0 Å². The van der Waals surface area contributed by atoms with Gasteiger partial charge in [0.25, 0.3) is 5.91 Å². The zero-order valence-corrected chi connectivity index (χ0v) is 15.0. The Bertz CT molecular complexity index is 689. The minimum absolute atomic E-state index is 0.0128. The Balaban J connectivity index is 1.57. The van der Waals surface area contributed by atoms with Crippen LogP contribution in [0.1, 0.15) is 40.0 Å². The number of hydrogen-bond acceptors (Lipinski definition) is 3. The molecule has 0 unspecified atom stereocenters. The van der Waals surface area contributed by atoms with E-state index in [-0.39, 0.29) is 11.9 Å². The van der Waals surface area contributed by atoms with Crippen LogP contribution in [0.15, 0.2) is 48.5 Å². The second-order valence-electron chi connectivity index (χ2n) is 6.69. The average Bonchev–Trinajstić information content (AvgIpc) is 2.63. The number of ether oxygens (including phenoxy) is 1. The summed E-state index contributed by atoms with van der Waals surface area (Å²) in [5, 5.41) is 3.07. The molecule has 0 saturated carbocycles. The topological polar surface area (TPSA) is 41.6 Å². The molecule has 132 valence electrons. The number of carbonyl (C=O) groups is 1. The Hall–Kier alpha value is -2.17. The van der Waals surface area contributed by atoms with Gasteiger partial charge < -0.3 is 10.1 Å². The van der Waals surface area contributed by atoms with Gasteiger partial charge in [-0.05, 0) is 37.1 Å². The van der Waals surface area contributed by atoms with Gasteiger partial charge in [-0.25, -0.2) is 0 Å². The van der Waals surface area contributed by atoms with E-state index < -0.39 is 0 Å². The zero-order valence-electron chi connectivity index (χ0n) is 15.0. The number of carbonyl (C=O) groups excluding carboxylic acids is 1. The quantitative estimate of drug-likeness (QED) is 0.909. The van der Waals surface area contributed by atoms with Crippen LogP contribution in [0.25, 0.3) is 0 Å². The van der Waals surface area contributed by atoms with E-state index >= 15 is 0 Å². The number of morpholine rings is 1. The largest absolute Gasteiger partial charge is 0.379 e. The lowest BCUT2D eigenvalue weighted by atomic mass is 10.1. The molecule has 3 rings (SSSR count). The second kappa shape index (κ2) is 8.28. The lowest BCUT2D eigenvalue weighted by Crippen LogP contribution is -2.35. The van der Waals surface area contributed by atoms with Gasteiger partial charge in [0, 0.05) is 25.2 Å². The Morgan fingerprint density at radius 1 is 1.08 bits per heavy atom. The maximum absolute atomic E-state index is 12.5. The number of benzene rings is 2. The van der Waals surface area contributed by atoms with E-state index in [2.05, 4.69) is 41.4 Å². The maximum Gasteiger partial charge on any atom is 0.251 e. The van der Waals surface area contributed by atoms with Gasteiger partial charge in [0.1, 0.15) is 0 Å².